The van der Waals surface area contributed by atoms with Gasteiger partial charge in [-0.05, 0) is 36.1 Å². The van der Waals surface area contributed by atoms with Gasteiger partial charge >= 0.3 is 0 Å². The van der Waals surface area contributed by atoms with E-state index in [0.717, 1.165) is 22.3 Å². The molecule has 0 aliphatic rings. The van der Waals surface area contributed by atoms with Gasteiger partial charge in [0.1, 0.15) is 13.2 Å². The Morgan fingerprint density at radius 3 is 1.42 bits per heavy atom. The van der Waals surface area contributed by atoms with Gasteiger partial charge in [-0.25, -0.2) is 0 Å². The van der Waals surface area contributed by atoms with Crippen LogP contribution in [0.2, 0.25) is 0 Å². The van der Waals surface area contributed by atoms with E-state index in [4.69, 9.17) is 29.2 Å². The fraction of sp³-hybridized carbons (Fsp3) is 0.500. The van der Waals surface area contributed by atoms with E-state index in [1.807, 2.05) is 38.1 Å². The normalized spacial score (nSPS) is 12.3. The van der Waals surface area contributed by atoms with Crippen LogP contribution >= 0.6 is 0 Å². The molecule has 6 heteroatoms. The lowest BCUT2D eigenvalue weighted by atomic mass is 10.0. The summed E-state index contributed by atoms with van der Waals surface area (Å²) in [7, 11) is 0. The van der Waals surface area contributed by atoms with Crippen molar-refractivity contribution in [2.75, 3.05) is 52.9 Å². The summed E-state index contributed by atoms with van der Waals surface area (Å²) in [5.41, 5.74) is 4.21. The number of allylic oxidation sites excluding steroid dienone is 2. The smallest absolute Gasteiger partial charge is 0.111 e. The second kappa shape index (κ2) is 14.3. The Labute approximate surface area is 155 Å². The molecule has 0 atom stereocenters. The van der Waals surface area contributed by atoms with Gasteiger partial charge in [-0.15, -0.1) is 0 Å². The van der Waals surface area contributed by atoms with Crippen LogP contribution in [-0.4, -0.2) is 63.1 Å². The molecular weight excluding hydrogens is 336 g/mol. The van der Waals surface area contributed by atoms with Crippen LogP contribution in [-0.2, 0) is 18.9 Å². The summed E-state index contributed by atoms with van der Waals surface area (Å²) >= 11 is 0. The minimum atomic E-state index is 0.0254. The van der Waals surface area contributed by atoms with Crippen LogP contribution in [0.15, 0.2) is 36.8 Å². The lowest BCUT2D eigenvalue weighted by molar-refractivity contribution is 0.0603. The first-order chi connectivity index (χ1) is 12.7. The summed E-state index contributed by atoms with van der Waals surface area (Å²) in [5.74, 6) is 0. The minimum Gasteiger partial charge on any atom is -0.498 e. The van der Waals surface area contributed by atoms with Crippen molar-refractivity contribution in [1.29, 1.82) is 0 Å². The van der Waals surface area contributed by atoms with Crippen molar-refractivity contribution >= 4 is 11.1 Å². The van der Waals surface area contributed by atoms with Crippen LogP contribution in [0.5, 0.6) is 0 Å². The largest absolute Gasteiger partial charge is 0.498 e. The van der Waals surface area contributed by atoms with Crippen LogP contribution in [0.1, 0.15) is 25.0 Å². The predicted molar refractivity (Wildman–Crippen MR) is 101 cm³/mol. The molecule has 0 radical (unpaired) electrons. The van der Waals surface area contributed by atoms with Gasteiger partial charge in [-0.2, -0.15) is 0 Å². The maximum Gasteiger partial charge on any atom is 0.111 e. The summed E-state index contributed by atoms with van der Waals surface area (Å²) in [6.45, 7) is 6.52. The summed E-state index contributed by atoms with van der Waals surface area (Å²) in [5, 5.41) is 17.2. The first-order valence-corrected chi connectivity index (χ1v) is 8.73. The lowest BCUT2D eigenvalue weighted by Crippen LogP contribution is -2.05. The minimum absolute atomic E-state index is 0.0254. The summed E-state index contributed by atoms with van der Waals surface area (Å²) < 4.78 is 21.1. The van der Waals surface area contributed by atoms with Crippen LogP contribution in [0.4, 0.5) is 0 Å². The van der Waals surface area contributed by atoms with E-state index in [-0.39, 0.29) is 13.2 Å². The second-order valence-electron chi connectivity index (χ2n) is 5.59. The van der Waals surface area contributed by atoms with E-state index in [9.17, 15) is 0 Å². The molecule has 0 amide bonds. The van der Waals surface area contributed by atoms with Gasteiger partial charge in [0.05, 0.1) is 52.2 Å². The van der Waals surface area contributed by atoms with Gasteiger partial charge in [0, 0.05) is 0 Å². The number of hydrogen-bond donors (Lipinski definition) is 2. The van der Waals surface area contributed by atoms with Gasteiger partial charge < -0.3 is 29.2 Å². The number of ether oxygens (including phenoxy) is 4. The molecule has 26 heavy (non-hydrogen) atoms. The molecule has 0 aromatic heterocycles. The van der Waals surface area contributed by atoms with Crippen LogP contribution in [0, 0.1) is 0 Å². The topological polar surface area (TPSA) is 77.4 Å². The standard InChI is InChI=1S/C20H30O6/c1-17(15-25-13-11-23-9-7-21)19-3-5-20(6-4-19)18(2)16-26-14-12-24-10-8-22/h3-6,15-16,21-22H,7-14H2,1-2H3/b17-15+,18-16+. The molecule has 0 saturated heterocycles. The Kier molecular flexibility index (Phi) is 12.2. The average molecular weight is 366 g/mol. The molecule has 146 valence electrons. The molecule has 0 aliphatic heterocycles. The van der Waals surface area contributed by atoms with Gasteiger partial charge in [0.25, 0.3) is 0 Å². The number of aliphatic hydroxyl groups excluding tert-OH is 2. The molecule has 0 saturated carbocycles. The van der Waals surface area contributed by atoms with E-state index in [2.05, 4.69) is 0 Å². The van der Waals surface area contributed by atoms with Gasteiger partial charge in [0.2, 0.25) is 0 Å². The van der Waals surface area contributed by atoms with Gasteiger partial charge in [-0.3, -0.25) is 0 Å². The zero-order valence-corrected chi connectivity index (χ0v) is 15.6. The fourth-order valence-corrected chi connectivity index (χ4v) is 2.05. The van der Waals surface area contributed by atoms with Crippen molar-refractivity contribution in [3.63, 3.8) is 0 Å². The van der Waals surface area contributed by atoms with E-state index in [1.165, 1.54) is 0 Å². The third-order valence-electron chi connectivity index (χ3n) is 3.48. The maximum atomic E-state index is 8.61. The van der Waals surface area contributed by atoms with Gasteiger partial charge in [0.15, 0.2) is 0 Å². The number of aliphatic hydroxyl groups is 2. The zero-order chi connectivity index (χ0) is 19.0. The van der Waals surface area contributed by atoms with E-state index < -0.39 is 0 Å². The SMILES string of the molecule is C/C(=C\OCCOCCO)c1ccc(/C(C)=C/OCCOCCO)cc1. The highest BCUT2D eigenvalue weighted by atomic mass is 16.5. The molecule has 2 N–H and O–H groups in total. The third-order valence-corrected chi connectivity index (χ3v) is 3.48. The van der Waals surface area contributed by atoms with Crippen LogP contribution < -0.4 is 0 Å². The van der Waals surface area contributed by atoms with Crippen molar-refractivity contribution in [2.45, 2.75) is 13.8 Å². The summed E-state index contributed by atoms with van der Waals surface area (Å²) in [6, 6.07) is 8.14. The number of benzene rings is 1. The Morgan fingerprint density at radius 1 is 0.692 bits per heavy atom. The van der Waals surface area contributed by atoms with Crippen LogP contribution in [0.25, 0.3) is 11.1 Å². The third kappa shape index (κ3) is 9.58. The first-order valence-electron chi connectivity index (χ1n) is 8.73. The quantitative estimate of drug-likeness (QED) is 0.389. The van der Waals surface area contributed by atoms with E-state index in [1.54, 1.807) is 12.5 Å². The van der Waals surface area contributed by atoms with Crippen LogP contribution in [0.3, 0.4) is 0 Å². The lowest BCUT2D eigenvalue weighted by Gasteiger charge is -2.07. The van der Waals surface area contributed by atoms with Crippen molar-refractivity contribution in [1.82, 2.24) is 0 Å². The second-order valence-corrected chi connectivity index (χ2v) is 5.59. The molecule has 6 nitrogen and oxygen atoms in total. The Balaban J connectivity index is 2.41. The molecule has 0 spiro atoms. The van der Waals surface area contributed by atoms with Crippen molar-refractivity contribution in [3.05, 3.63) is 47.9 Å². The number of rotatable bonds is 14. The summed E-state index contributed by atoms with van der Waals surface area (Å²) in [4.78, 5) is 0. The zero-order valence-electron chi connectivity index (χ0n) is 15.6. The Morgan fingerprint density at radius 2 is 1.08 bits per heavy atom. The van der Waals surface area contributed by atoms with Gasteiger partial charge in [-0.1, -0.05) is 24.3 Å². The molecule has 0 fully saturated rings. The molecule has 0 unspecified atom stereocenters. The fourth-order valence-electron chi connectivity index (χ4n) is 2.05. The Bertz CT molecular complexity index is 487. The molecule has 0 heterocycles. The molecule has 0 aliphatic carbocycles. The maximum absolute atomic E-state index is 8.61. The highest BCUT2D eigenvalue weighted by Crippen LogP contribution is 2.19. The van der Waals surface area contributed by atoms with Crippen molar-refractivity contribution < 1.29 is 29.2 Å². The summed E-state index contributed by atoms with van der Waals surface area (Å²) in [6.07, 6.45) is 3.44. The van der Waals surface area contributed by atoms with E-state index >= 15 is 0 Å². The predicted octanol–water partition coefficient (Wildman–Crippen LogP) is 2.46. The highest BCUT2D eigenvalue weighted by molar-refractivity contribution is 5.68. The first kappa shape index (κ1) is 22.2. The molecular formula is C20H30O6. The van der Waals surface area contributed by atoms with Crippen molar-refractivity contribution in [3.8, 4) is 0 Å². The van der Waals surface area contributed by atoms with Crippen molar-refractivity contribution in [2.24, 2.45) is 0 Å². The van der Waals surface area contributed by atoms with E-state index in [0.29, 0.717) is 39.6 Å². The average Bonchev–Trinajstić information content (AvgIpc) is 2.67. The Hall–Kier alpha value is -1.86. The molecule has 1 aromatic carbocycles. The molecule has 1 rings (SSSR count). The monoisotopic (exact) mass is 366 g/mol. The highest BCUT2D eigenvalue weighted by Gasteiger charge is 2.00. The molecule has 0 bridgehead atoms. The number of hydrogen-bond acceptors (Lipinski definition) is 6. The molecule has 1 aromatic rings.